The van der Waals surface area contributed by atoms with Crippen molar-refractivity contribution in [1.82, 2.24) is 9.88 Å². The van der Waals surface area contributed by atoms with E-state index < -0.39 is 0 Å². The molecule has 2 rings (SSSR count). The summed E-state index contributed by atoms with van der Waals surface area (Å²) in [5, 5.41) is 2.92. The lowest BCUT2D eigenvalue weighted by atomic mass is 10.0. The summed E-state index contributed by atoms with van der Waals surface area (Å²) in [6, 6.07) is 3.87. The molecule has 0 unspecified atom stereocenters. The maximum absolute atomic E-state index is 12.4. The molecule has 2 heterocycles. The smallest absolute Gasteiger partial charge is 0.322 e. The molecule has 1 fully saturated rings. The molecule has 5 heteroatoms. The topological polar surface area (TPSA) is 54.5 Å². The molecule has 1 aromatic heterocycles. The van der Waals surface area contributed by atoms with Gasteiger partial charge in [-0.15, -0.1) is 0 Å². The Kier molecular flexibility index (Phi) is 4.82. The fourth-order valence-corrected chi connectivity index (χ4v) is 2.66. The van der Waals surface area contributed by atoms with Crippen molar-refractivity contribution in [2.75, 3.05) is 18.5 Å². The minimum absolute atomic E-state index is 0.0600. The average Bonchev–Trinajstić information content (AvgIpc) is 2.91. The van der Waals surface area contributed by atoms with Crippen LogP contribution < -0.4 is 10.1 Å². The zero-order valence-electron chi connectivity index (χ0n) is 12.4. The second kappa shape index (κ2) is 6.59. The highest BCUT2D eigenvalue weighted by molar-refractivity contribution is 5.90. The van der Waals surface area contributed by atoms with Crippen molar-refractivity contribution >= 4 is 11.7 Å². The minimum atomic E-state index is -0.0600. The highest BCUT2D eigenvalue weighted by Gasteiger charge is 2.31. The first-order valence-corrected chi connectivity index (χ1v) is 7.29. The van der Waals surface area contributed by atoms with E-state index in [2.05, 4.69) is 24.1 Å². The van der Waals surface area contributed by atoms with Gasteiger partial charge in [0, 0.05) is 18.8 Å². The van der Waals surface area contributed by atoms with E-state index in [0.29, 0.717) is 30.1 Å². The quantitative estimate of drug-likeness (QED) is 0.920. The van der Waals surface area contributed by atoms with Crippen LogP contribution >= 0.6 is 0 Å². The maximum Gasteiger partial charge on any atom is 0.322 e. The molecule has 1 saturated heterocycles. The summed E-state index contributed by atoms with van der Waals surface area (Å²) in [6.45, 7) is 7.56. The lowest BCUT2D eigenvalue weighted by Gasteiger charge is -2.28. The maximum atomic E-state index is 12.4. The van der Waals surface area contributed by atoms with E-state index in [1.165, 1.54) is 0 Å². The van der Waals surface area contributed by atoms with Crippen LogP contribution in [0.2, 0.25) is 0 Å². The van der Waals surface area contributed by atoms with Gasteiger partial charge in [-0.25, -0.2) is 9.78 Å². The summed E-state index contributed by atoms with van der Waals surface area (Å²) in [5.41, 5.74) is 0.633. The van der Waals surface area contributed by atoms with Gasteiger partial charge in [0.25, 0.3) is 0 Å². The molecule has 1 N–H and O–H groups in total. The van der Waals surface area contributed by atoms with Crippen LogP contribution in [-0.2, 0) is 0 Å². The zero-order valence-corrected chi connectivity index (χ0v) is 12.4. The molecular formula is C15H23N3O2. The summed E-state index contributed by atoms with van der Waals surface area (Å²) in [7, 11) is 0. The number of carbonyl (C=O) groups excluding carboxylic acids is 1. The number of nitrogens with one attached hydrogen (secondary N) is 1. The number of amides is 2. The summed E-state index contributed by atoms with van der Waals surface area (Å²) >= 11 is 0. The van der Waals surface area contributed by atoms with Crippen LogP contribution in [0.25, 0.3) is 0 Å². The summed E-state index contributed by atoms with van der Waals surface area (Å²) < 4.78 is 5.43. The Morgan fingerprint density at radius 1 is 1.60 bits per heavy atom. The van der Waals surface area contributed by atoms with Crippen molar-refractivity contribution < 1.29 is 9.53 Å². The highest BCUT2D eigenvalue weighted by Crippen LogP contribution is 2.26. The first-order chi connectivity index (χ1) is 9.63. The number of hydrogen-bond acceptors (Lipinski definition) is 3. The van der Waals surface area contributed by atoms with Crippen LogP contribution in [0.4, 0.5) is 10.5 Å². The summed E-state index contributed by atoms with van der Waals surface area (Å²) in [4.78, 5) is 18.5. The Hall–Kier alpha value is -1.78. The summed E-state index contributed by atoms with van der Waals surface area (Å²) in [6.07, 6.45) is 3.81. The van der Waals surface area contributed by atoms with Gasteiger partial charge in [0.1, 0.15) is 5.69 Å². The Morgan fingerprint density at radius 3 is 3.10 bits per heavy atom. The normalized spacial score (nSPS) is 18.4. The van der Waals surface area contributed by atoms with E-state index in [4.69, 9.17) is 4.74 Å². The largest absolute Gasteiger partial charge is 0.476 e. The predicted molar refractivity (Wildman–Crippen MR) is 79.0 cm³/mol. The van der Waals surface area contributed by atoms with Crippen molar-refractivity contribution in [1.29, 1.82) is 0 Å². The van der Waals surface area contributed by atoms with Gasteiger partial charge < -0.3 is 15.0 Å². The van der Waals surface area contributed by atoms with Gasteiger partial charge >= 0.3 is 6.03 Å². The van der Waals surface area contributed by atoms with E-state index in [0.717, 1.165) is 19.4 Å². The fourth-order valence-electron chi connectivity index (χ4n) is 2.66. The van der Waals surface area contributed by atoms with Gasteiger partial charge in [-0.05, 0) is 37.8 Å². The molecule has 1 aliphatic rings. The molecule has 0 saturated carbocycles. The van der Waals surface area contributed by atoms with E-state index in [9.17, 15) is 4.79 Å². The van der Waals surface area contributed by atoms with Crippen molar-refractivity contribution in [3.05, 3.63) is 18.3 Å². The van der Waals surface area contributed by atoms with Crippen LogP contribution in [0.15, 0.2) is 18.3 Å². The first-order valence-electron chi connectivity index (χ1n) is 7.29. The fraction of sp³-hybridized carbons (Fsp3) is 0.600. The number of anilines is 1. The SMILES string of the molecule is CCOc1ncccc1NC(=O)N1CCC[C@H]1C(C)C. The third kappa shape index (κ3) is 3.21. The highest BCUT2D eigenvalue weighted by atomic mass is 16.5. The van der Waals surface area contributed by atoms with Crippen LogP contribution in [0.3, 0.4) is 0 Å². The van der Waals surface area contributed by atoms with Gasteiger partial charge in [0.05, 0.1) is 6.61 Å². The molecular weight excluding hydrogens is 254 g/mol. The van der Waals surface area contributed by atoms with Gasteiger partial charge in [0.2, 0.25) is 5.88 Å². The molecule has 0 aliphatic carbocycles. The Bertz CT molecular complexity index is 462. The predicted octanol–water partition coefficient (Wildman–Crippen LogP) is 3.13. The molecule has 0 radical (unpaired) electrons. The molecule has 0 spiro atoms. The Balaban J connectivity index is 2.08. The average molecular weight is 277 g/mol. The second-order valence-corrected chi connectivity index (χ2v) is 5.37. The van der Waals surface area contributed by atoms with Crippen LogP contribution in [0, 0.1) is 5.92 Å². The van der Waals surface area contributed by atoms with Gasteiger partial charge in [-0.1, -0.05) is 13.8 Å². The molecule has 0 aromatic carbocycles. The van der Waals surface area contributed by atoms with Crippen LogP contribution in [-0.4, -0.2) is 35.1 Å². The molecule has 5 nitrogen and oxygen atoms in total. The van der Waals surface area contributed by atoms with Gasteiger partial charge in [0.15, 0.2) is 0 Å². The van der Waals surface area contributed by atoms with Gasteiger partial charge in [-0.3, -0.25) is 0 Å². The number of likely N-dealkylation sites (tertiary alicyclic amines) is 1. The molecule has 2 amide bonds. The van der Waals surface area contributed by atoms with Crippen molar-refractivity contribution in [2.45, 2.75) is 39.7 Å². The molecule has 20 heavy (non-hydrogen) atoms. The monoisotopic (exact) mass is 277 g/mol. The van der Waals surface area contributed by atoms with Crippen molar-refractivity contribution in [3.63, 3.8) is 0 Å². The number of rotatable bonds is 4. The molecule has 1 atom stereocenters. The Labute approximate surface area is 120 Å². The van der Waals surface area contributed by atoms with Crippen molar-refractivity contribution in [3.8, 4) is 5.88 Å². The number of aromatic nitrogens is 1. The standard InChI is InChI=1S/C15H23N3O2/c1-4-20-14-12(7-5-9-16-14)17-15(19)18-10-6-8-13(18)11(2)3/h5,7,9,11,13H,4,6,8,10H2,1-3H3,(H,17,19)/t13-/m0/s1. The number of carbonyl (C=O) groups is 1. The molecule has 0 bridgehead atoms. The number of hydrogen-bond donors (Lipinski definition) is 1. The lowest BCUT2D eigenvalue weighted by molar-refractivity contribution is 0.192. The van der Waals surface area contributed by atoms with Gasteiger partial charge in [-0.2, -0.15) is 0 Å². The Morgan fingerprint density at radius 2 is 2.40 bits per heavy atom. The number of urea groups is 1. The molecule has 1 aromatic rings. The zero-order chi connectivity index (χ0) is 14.5. The summed E-state index contributed by atoms with van der Waals surface area (Å²) in [5.74, 6) is 0.951. The number of nitrogens with zero attached hydrogens (tertiary/aromatic N) is 2. The van der Waals surface area contributed by atoms with Crippen molar-refractivity contribution in [2.24, 2.45) is 5.92 Å². The van der Waals surface area contributed by atoms with E-state index in [-0.39, 0.29) is 6.03 Å². The van der Waals surface area contributed by atoms with E-state index >= 15 is 0 Å². The molecule has 110 valence electrons. The third-order valence-electron chi connectivity index (χ3n) is 3.62. The van der Waals surface area contributed by atoms with E-state index in [1.807, 2.05) is 17.9 Å². The second-order valence-electron chi connectivity index (χ2n) is 5.37. The minimum Gasteiger partial charge on any atom is -0.476 e. The number of ether oxygens (including phenoxy) is 1. The van der Waals surface area contributed by atoms with Crippen LogP contribution in [0.5, 0.6) is 5.88 Å². The van der Waals surface area contributed by atoms with E-state index in [1.54, 1.807) is 12.3 Å². The lowest BCUT2D eigenvalue weighted by Crippen LogP contribution is -2.41. The number of pyridine rings is 1. The first kappa shape index (κ1) is 14.6. The molecule has 1 aliphatic heterocycles. The van der Waals surface area contributed by atoms with Crippen LogP contribution in [0.1, 0.15) is 33.6 Å². The third-order valence-corrected chi connectivity index (χ3v) is 3.62.